The third-order valence-corrected chi connectivity index (χ3v) is 4.75. The lowest BCUT2D eigenvalue weighted by Crippen LogP contribution is -1.90. The molecule has 0 fully saturated rings. The number of hydrogen-bond acceptors (Lipinski definition) is 4. The Kier molecular flexibility index (Phi) is 5.57. The first-order valence-corrected chi connectivity index (χ1v) is 7.15. The van der Waals surface area contributed by atoms with Crippen molar-refractivity contribution in [1.82, 2.24) is 9.97 Å². The minimum absolute atomic E-state index is 0.0542. The lowest BCUT2D eigenvalue weighted by Gasteiger charge is -2.01. The minimum atomic E-state index is 0.0542. The maximum absolute atomic E-state index is 5.75. The molecule has 0 atom stereocenters. The highest BCUT2D eigenvalue weighted by Crippen LogP contribution is 2.40. The number of rotatable bonds is 3. The molecule has 0 unspecified atom stereocenters. The molecule has 2 nitrogen and oxygen atoms in total. The summed E-state index contributed by atoms with van der Waals surface area (Å²) in [6, 6.07) is 1.90. The molecule has 7 heteroatoms. The maximum atomic E-state index is 5.75. The van der Waals surface area contributed by atoms with Crippen molar-refractivity contribution >= 4 is 56.4 Å². The largest absolute Gasteiger partial charge is 0.227 e. The summed E-state index contributed by atoms with van der Waals surface area (Å²) in [6.07, 6.45) is 0. The quantitative estimate of drug-likeness (QED) is 0.598. The number of aryl methyl sites for hydroxylation is 2. The molecule has 0 amide bonds. The zero-order valence-electron chi connectivity index (χ0n) is 7.92. The fourth-order valence-electron chi connectivity index (χ4n) is 0.836. The van der Waals surface area contributed by atoms with E-state index in [1.807, 2.05) is 19.9 Å². The van der Waals surface area contributed by atoms with Gasteiger partial charge in [-0.3, -0.25) is 0 Å². The Balaban J connectivity index is 2.70. The van der Waals surface area contributed by atoms with E-state index in [2.05, 4.69) is 9.97 Å². The van der Waals surface area contributed by atoms with Crippen molar-refractivity contribution in [2.75, 3.05) is 0 Å². The van der Waals surface area contributed by atoms with Crippen LogP contribution in [0.15, 0.2) is 20.1 Å². The lowest BCUT2D eigenvalue weighted by molar-refractivity contribution is 0.907. The number of aromatic nitrogens is 2. The van der Waals surface area contributed by atoms with Crippen molar-refractivity contribution < 1.29 is 0 Å². The monoisotopic (exact) mass is 300 g/mol. The second-order valence-electron chi connectivity index (χ2n) is 2.63. The van der Waals surface area contributed by atoms with Gasteiger partial charge < -0.3 is 0 Å². The standard InChI is InChI=1S/C8H7Cl3N2S2/c1-4-3-5(2)13-8(12-4)15-14-7(11)6(9)10/h3H,1-2H3. The van der Waals surface area contributed by atoms with Crippen LogP contribution in [-0.4, -0.2) is 9.97 Å². The van der Waals surface area contributed by atoms with Gasteiger partial charge in [0.25, 0.3) is 0 Å². The fraction of sp³-hybridized carbons (Fsp3) is 0.250. The Morgan fingerprint density at radius 1 is 1.13 bits per heavy atom. The van der Waals surface area contributed by atoms with Crippen LogP contribution in [0.3, 0.4) is 0 Å². The van der Waals surface area contributed by atoms with Gasteiger partial charge >= 0.3 is 0 Å². The molecule has 0 spiro atoms. The van der Waals surface area contributed by atoms with Crippen molar-refractivity contribution in [3.8, 4) is 0 Å². The average Bonchev–Trinajstić information content (AvgIpc) is 2.12. The zero-order chi connectivity index (χ0) is 11.4. The Bertz CT molecular complexity index is 371. The molecule has 0 N–H and O–H groups in total. The third kappa shape index (κ3) is 4.83. The lowest BCUT2D eigenvalue weighted by atomic mass is 10.4. The van der Waals surface area contributed by atoms with E-state index in [-0.39, 0.29) is 4.49 Å². The van der Waals surface area contributed by atoms with Gasteiger partial charge in [0, 0.05) is 11.4 Å². The van der Waals surface area contributed by atoms with Crippen LogP contribution in [-0.2, 0) is 0 Å². The topological polar surface area (TPSA) is 25.8 Å². The Morgan fingerprint density at radius 3 is 2.13 bits per heavy atom. The molecule has 1 aromatic heterocycles. The van der Waals surface area contributed by atoms with Gasteiger partial charge in [-0.25, -0.2) is 9.97 Å². The SMILES string of the molecule is Cc1cc(C)nc(SSC(Cl)=C(Cl)Cl)n1. The van der Waals surface area contributed by atoms with Gasteiger partial charge in [-0.1, -0.05) is 34.8 Å². The molecule has 0 aliphatic rings. The predicted molar refractivity (Wildman–Crippen MR) is 69.5 cm³/mol. The second kappa shape index (κ2) is 6.21. The third-order valence-electron chi connectivity index (χ3n) is 1.30. The van der Waals surface area contributed by atoms with Gasteiger partial charge in [-0.2, -0.15) is 0 Å². The van der Waals surface area contributed by atoms with Crippen molar-refractivity contribution in [2.24, 2.45) is 0 Å². The smallest absolute Gasteiger partial charge is 0.199 e. The molecule has 15 heavy (non-hydrogen) atoms. The maximum Gasteiger partial charge on any atom is 0.199 e. The first kappa shape index (κ1) is 13.5. The fourth-order valence-corrected chi connectivity index (χ4v) is 3.12. The van der Waals surface area contributed by atoms with E-state index in [1.165, 1.54) is 21.6 Å². The van der Waals surface area contributed by atoms with Crippen LogP contribution in [0.2, 0.25) is 0 Å². The van der Waals surface area contributed by atoms with E-state index < -0.39 is 0 Å². The molecule has 1 aromatic rings. The normalized spacial score (nSPS) is 10.2. The van der Waals surface area contributed by atoms with Gasteiger partial charge in [0.1, 0.15) is 8.86 Å². The highest BCUT2D eigenvalue weighted by atomic mass is 35.5. The summed E-state index contributed by atoms with van der Waals surface area (Å²) in [5.74, 6) is 0. The summed E-state index contributed by atoms with van der Waals surface area (Å²) in [5, 5.41) is 0.644. The van der Waals surface area contributed by atoms with Crippen LogP contribution >= 0.6 is 56.4 Å². The molecular weight excluding hydrogens is 295 g/mol. The molecule has 0 aromatic carbocycles. The van der Waals surface area contributed by atoms with Crippen LogP contribution < -0.4 is 0 Å². The van der Waals surface area contributed by atoms with Gasteiger partial charge in [0.05, 0.1) is 0 Å². The van der Waals surface area contributed by atoms with Crippen LogP contribution in [0.4, 0.5) is 0 Å². The Morgan fingerprint density at radius 2 is 1.67 bits per heavy atom. The second-order valence-corrected chi connectivity index (χ2v) is 6.29. The zero-order valence-corrected chi connectivity index (χ0v) is 11.8. The van der Waals surface area contributed by atoms with Crippen LogP contribution in [0.25, 0.3) is 0 Å². The van der Waals surface area contributed by atoms with Crippen molar-refractivity contribution in [3.63, 3.8) is 0 Å². The van der Waals surface area contributed by atoms with Gasteiger partial charge in [0.2, 0.25) is 0 Å². The van der Waals surface area contributed by atoms with Crippen molar-refractivity contribution in [1.29, 1.82) is 0 Å². The highest BCUT2D eigenvalue weighted by molar-refractivity contribution is 8.78. The number of nitrogens with zero attached hydrogens (tertiary/aromatic N) is 2. The molecule has 1 rings (SSSR count). The minimum Gasteiger partial charge on any atom is -0.227 e. The van der Waals surface area contributed by atoms with Gasteiger partial charge in [-0.05, 0) is 41.5 Å². The molecule has 0 saturated heterocycles. The van der Waals surface area contributed by atoms with Crippen molar-refractivity contribution in [3.05, 3.63) is 26.3 Å². The van der Waals surface area contributed by atoms with Crippen LogP contribution in [0.1, 0.15) is 11.4 Å². The van der Waals surface area contributed by atoms with Gasteiger partial charge in [-0.15, -0.1) is 0 Å². The highest BCUT2D eigenvalue weighted by Gasteiger charge is 2.05. The van der Waals surface area contributed by atoms with E-state index in [4.69, 9.17) is 34.8 Å². The molecule has 0 saturated carbocycles. The van der Waals surface area contributed by atoms with E-state index in [0.717, 1.165) is 11.4 Å². The molecular formula is C8H7Cl3N2S2. The molecule has 1 heterocycles. The molecule has 82 valence electrons. The molecule has 0 aliphatic heterocycles. The summed E-state index contributed by atoms with van der Waals surface area (Å²) < 4.78 is 0.379. The Labute approximate surface area is 111 Å². The van der Waals surface area contributed by atoms with E-state index in [0.29, 0.717) is 9.52 Å². The Hall–Kier alpha value is 0.390. The van der Waals surface area contributed by atoms with Gasteiger partial charge in [0.15, 0.2) is 5.16 Å². The summed E-state index contributed by atoms with van der Waals surface area (Å²) in [4.78, 5) is 8.46. The van der Waals surface area contributed by atoms with Crippen LogP contribution in [0.5, 0.6) is 0 Å². The summed E-state index contributed by atoms with van der Waals surface area (Å²) in [6.45, 7) is 3.82. The van der Waals surface area contributed by atoms with E-state index in [1.54, 1.807) is 0 Å². The summed E-state index contributed by atoms with van der Waals surface area (Å²) >= 11 is 16.7. The number of halogens is 3. The van der Waals surface area contributed by atoms with Crippen molar-refractivity contribution in [2.45, 2.75) is 19.0 Å². The molecule has 0 bridgehead atoms. The average molecular weight is 302 g/mol. The van der Waals surface area contributed by atoms with E-state index >= 15 is 0 Å². The van der Waals surface area contributed by atoms with E-state index in [9.17, 15) is 0 Å². The van der Waals surface area contributed by atoms with Crippen LogP contribution in [0, 0.1) is 13.8 Å². The first-order valence-electron chi connectivity index (χ1n) is 3.86. The first-order chi connectivity index (χ1) is 6.99. The molecule has 0 radical (unpaired) electrons. The summed E-state index contributed by atoms with van der Waals surface area (Å²) in [5.41, 5.74) is 1.84. The molecule has 0 aliphatic carbocycles. The predicted octanol–water partition coefficient (Wildman–Crippen LogP) is 4.68. The summed E-state index contributed by atoms with van der Waals surface area (Å²) in [7, 11) is 2.55. The number of hydrogen-bond donors (Lipinski definition) is 0.